The first-order chi connectivity index (χ1) is 6.31. The lowest BCUT2D eigenvalue weighted by Crippen LogP contribution is -2.04. The van der Waals surface area contributed by atoms with Crippen molar-refractivity contribution in [2.75, 3.05) is 12.4 Å². The number of rotatable bonds is 8. The molecule has 13 heavy (non-hydrogen) atoms. The van der Waals surface area contributed by atoms with Crippen LogP contribution in [-0.4, -0.2) is 18.3 Å². The molecule has 0 aliphatic rings. The Balaban J connectivity index is 3.08. The lowest BCUT2D eigenvalue weighted by molar-refractivity contribution is -0.143. The highest BCUT2D eigenvalue weighted by Crippen LogP contribution is 2.10. The predicted molar refractivity (Wildman–Crippen MR) is 61.2 cm³/mol. The van der Waals surface area contributed by atoms with Crippen molar-refractivity contribution in [1.82, 2.24) is 0 Å². The van der Waals surface area contributed by atoms with Crippen molar-refractivity contribution in [3.05, 3.63) is 0 Å². The number of thiol groups is 1. The van der Waals surface area contributed by atoms with Crippen molar-refractivity contribution >= 4 is 28.4 Å². The average Bonchev–Trinajstić information content (AvgIpc) is 2.14. The summed E-state index contributed by atoms with van der Waals surface area (Å²) in [5.74, 6) is 1.01. The summed E-state index contributed by atoms with van der Waals surface area (Å²) < 4.78 is 4.94. The Morgan fingerprint density at radius 1 is 1.38 bits per heavy atom. The van der Waals surface area contributed by atoms with Crippen LogP contribution < -0.4 is 0 Å². The van der Waals surface area contributed by atoms with E-state index in [9.17, 15) is 4.79 Å². The minimum atomic E-state index is -0.0552. The summed E-state index contributed by atoms with van der Waals surface area (Å²) in [5, 5.41) is 0. The fourth-order valence-corrected chi connectivity index (χ4v) is 1.62. The molecule has 0 aromatic heterocycles. The first kappa shape index (κ1) is 13.2. The highest BCUT2D eigenvalue weighted by atomic mass is 33.1. The van der Waals surface area contributed by atoms with Crippen LogP contribution in [0.5, 0.6) is 0 Å². The Morgan fingerprint density at radius 2 is 2.15 bits per heavy atom. The van der Waals surface area contributed by atoms with Crippen LogP contribution in [0.15, 0.2) is 0 Å². The Hall–Kier alpha value is 0.170. The molecule has 0 aliphatic heterocycles. The minimum absolute atomic E-state index is 0.0552. The van der Waals surface area contributed by atoms with Gasteiger partial charge in [-0.1, -0.05) is 24.1 Å². The largest absolute Gasteiger partial charge is 0.466 e. The molecule has 0 amide bonds. The Bertz CT molecular complexity index is 129. The zero-order valence-corrected chi connectivity index (χ0v) is 9.83. The highest BCUT2D eigenvalue weighted by Gasteiger charge is 2.00. The summed E-state index contributed by atoms with van der Waals surface area (Å²) in [7, 11) is 1.55. The summed E-state index contributed by atoms with van der Waals surface area (Å²) in [6.07, 6.45) is 4.64. The van der Waals surface area contributed by atoms with Crippen molar-refractivity contribution in [1.29, 1.82) is 0 Å². The first-order valence-electron chi connectivity index (χ1n) is 4.73. The van der Waals surface area contributed by atoms with Crippen LogP contribution in [0.4, 0.5) is 0 Å². The van der Waals surface area contributed by atoms with Gasteiger partial charge in [-0.2, -0.15) is 0 Å². The van der Waals surface area contributed by atoms with Crippen LogP contribution in [0.2, 0.25) is 0 Å². The van der Waals surface area contributed by atoms with Gasteiger partial charge in [0.1, 0.15) is 0 Å². The van der Waals surface area contributed by atoms with E-state index in [1.54, 1.807) is 10.8 Å². The first-order valence-corrected chi connectivity index (χ1v) is 6.77. The Kier molecular flexibility index (Phi) is 10.4. The fourth-order valence-electron chi connectivity index (χ4n) is 0.901. The second-order valence-electron chi connectivity index (χ2n) is 2.86. The number of esters is 1. The van der Waals surface area contributed by atoms with E-state index in [1.807, 2.05) is 6.92 Å². The number of hydrogen-bond acceptors (Lipinski definition) is 4. The maximum atomic E-state index is 11.0. The lowest BCUT2D eigenvalue weighted by Gasteiger charge is -2.02. The van der Waals surface area contributed by atoms with Gasteiger partial charge < -0.3 is 4.74 Å². The smallest absolute Gasteiger partial charge is 0.305 e. The summed E-state index contributed by atoms with van der Waals surface area (Å²) in [4.78, 5) is 11.0. The molecule has 78 valence electrons. The van der Waals surface area contributed by atoms with E-state index in [1.165, 1.54) is 0 Å². The van der Waals surface area contributed by atoms with Gasteiger partial charge in [0.15, 0.2) is 0 Å². The standard InChI is InChI=1S/C9H18O2S2/c1-2-7-11-9(10)6-4-3-5-8-13-12/h12H,2-8H2,1H3. The normalized spacial score (nSPS) is 10.0. The van der Waals surface area contributed by atoms with Gasteiger partial charge >= 0.3 is 5.97 Å². The molecule has 0 radical (unpaired) electrons. The topological polar surface area (TPSA) is 26.3 Å². The van der Waals surface area contributed by atoms with Crippen molar-refractivity contribution in [3.8, 4) is 0 Å². The van der Waals surface area contributed by atoms with E-state index in [0.29, 0.717) is 13.0 Å². The molecule has 0 bridgehead atoms. The van der Waals surface area contributed by atoms with E-state index in [-0.39, 0.29) is 5.97 Å². The Labute approximate surface area is 89.6 Å². The summed E-state index contributed by atoms with van der Waals surface area (Å²) in [6.45, 7) is 2.56. The molecule has 4 heteroatoms. The molecule has 0 saturated carbocycles. The summed E-state index contributed by atoms with van der Waals surface area (Å²) in [6, 6.07) is 0. The fraction of sp³-hybridized carbons (Fsp3) is 0.889. The SMILES string of the molecule is CCCOC(=O)CCCCCSS. The van der Waals surface area contributed by atoms with Crippen LogP contribution in [0.25, 0.3) is 0 Å². The van der Waals surface area contributed by atoms with Gasteiger partial charge in [0, 0.05) is 12.2 Å². The third-order valence-corrected chi connectivity index (χ3v) is 2.60. The molecule has 0 aromatic rings. The molecular weight excluding hydrogens is 204 g/mol. The molecule has 0 atom stereocenters. The molecule has 0 saturated heterocycles. The van der Waals surface area contributed by atoms with Gasteiger partial charge in [-0.05, 0) is 19.3 Å². The molecule has 0 rings (SSSR count). The van der Waals surface area contributed by atoms with E-state index in [2.05, 4.69) is 11.7 Å². The van der Waals surface area contributed by atoms with Crippen molar-refractivity contribution < 1.29 is 9.53 Å². The maximum Gasteiger partial charge on any atom is 0.305 e. The van der Waals surface area contributed by atoms with E-state index < -0.39 is 0 Å². The Morgan fingerprint density at radius 3 is 2.77 bits per heavy atom. The molecule has 0 spiro atoms. The average molecular weight is 222 g/mol. The van der Waals surface area contributed by atoms with E-state index in [0.717, 1.165) is 31.4 Å². The van der Waals surface area contributed by atoms with Gasteiger partial charge in [-0.25, -0.2) is 0 Å². The second-order valence-corrected chi connectivity index (χ2v) is 4.31. The molecular formula is C9H18O2S2. The molecule has 0 fully saturated rings. The van der Waals surface area contributed by atoms with Crippen LogP contribution >= 0.6 is 22.5 Å². The van der Waals surface area contributed by atoms with Crippen molar-refractivity contribution in [3.63, 3.8) is 0 Å². The van der Waals surface area contributed by atoms with Crippen LogP contribution in [0.1, 0.15) is 39.0 Å². The number of unbranched alkanes of at least 4 members (excludes halogenated alkanes) is 2. The zero-order chi connectivity index (χ0) is 9.94. The lowest BCUT2D eigenvalue weighted by atomic mass is 10.2. The van der Waals surface area contributed by atoms with Crippen LogP contribution in [-0.2, 0) is 9.53 Å². The number of carbonyl (C=O) groups excluding carboxylic acids is 1. The minimum Gasteiger partial charge on any atom is -0.466 e. The van der Waals surface area contributed by atoms with E-state index >= 15 is 0 Å². The molecule has 0 unspecified atom stereocenters. The maximum absolute atomic E-state index is 11.0. The van der Waals surface area contributed by atoms with E-state index in [4.69, 9.17) is 4.74 Å². The van der Waals surface area contributed by atoms with Gasteiger partial charge in [0.05, 0.1) is 6.61 Å². The van der Waals surface area contributed by atoms with Crippen molar-refractivity contribution in [2.24, 2.45) is 0 Å². The number of ether oxygens (including phenoxy) is 1. The molecule has 2 nitrogen and oxygen atoms in total. The van der Waals surface area contributed by atoms with Gasteiger partial charge in [0.2, 0.25) is 0 Å². The van der Waals surface area contributed by atoms with Crippen LogP contribution in [0.3, 0.4) is 0 Å². The molecule has 0 N–H and O–H groups in total. The van der Waals surface area contributed by atoms with Crippen LogP contribution in [0, 0.1) is 0 Å². The quantitative estimate of drug-likeness (QED) is 0.296. The summed E-state index contributed by atoms with van der Waals surface area (Å²) in [5.41, 5.74) is 0. The third kappa shape index (κ3) is 10.1. The molecule has 0 aliphatic carbocycles. The highest BCUT2D eigenvalue weighted by molar-refractivity contribution is 8.68. The molecule has 0 aromatic carbocycles. The number of carbonyl (C=O) groups is 1. The monoisotopic (exact) mass is 222 g/mol. The van der Waals surface area contributed by atoms with Gasteiger partial charge in [-0.15, -0.1) is 11.7 Å². The summed E-state index contributed by atoms with van der Waals surface area (Å²) >= 11 is 4.03. The van der Waals surface area contributed by atoms with Gasteiger partial charge in [-0.3, -0.25) is 4.79 Å². The van der Waals surface area contributed by atoms with Crippen molar-refractivity contribution in [2.45, 2.75) is 39.0 Å². The van der Waals surface area contributed by atoms with Gasteiger partial charge in [0.25, 0.3) is 0 Å². The molecule has 0 heterocycles. The zero-order valence-electron chi connectivity index (χ0n) is 8.12. The predicted octanol–water partition coefficient (Wildman–Crippen LogP) is 3.08. The third-order valence-electron chi connectivity index (χ3n) is 1.58. The number of hydrogen-bond donors (Lipinski definition) is 1. The second kappa shape index (κ2) is 10.3.